The van der Waals surface area contributed by atoms with Gasteiger partial charge in [-0.15, -0.1) is 0 Å². The molecule has 1 aliphatic rings. The fraction of sp³-hybridized carbons (Fsp3) is 0.500. The van der Waals surface area contributed by atoms with E-state index in [-0.39, 0.29) is 30.0 Å². The zero-order valence-electron chi connectivity index (χ0n) is 11.6. The van der Waals surface area contributed by atoms with Crippen molar-refractivity contribution in [2.45, 2.75) is 32.5 Å². The molecule has 1 aromatic carbocycles. The highest BCUT2D eigenvalue weighted by Crippen LogP contribution is 2.18. The lowest BCUT2D eigenvalue weighted by atomic mass is 10.1. The molecule has 110 valence electrons. The molecule has 2 N–H and O–H groups in total. The van der Waals surface area contributed by atoms with Gasteiger partial charge in [0, 0.05) is 30.7 Å². The molecule has 1 aromatic rings. The molecule has 2 atom stereocenters. The molecule has 2 rings (SSSR count). The van der Waals surface area contributed by atoms with E-state index in [0.29, 0.717) is 13.1 Å². The monoisotopic (exact) mass is 282 g/mol. The third-order valence-electron chi connectivity index (χ3n) is 3.42. The number of carbonyl (C=O) groups excluding carboxylic acids is 1. The number of nitrogens with zero attached hydrogens (tertiary/aromatic N) is 1. The number of ether oxygens (including phenoxy) is 1. The maximum Gasteiger partial charge on any atom is 0.410 e. The Morgan fingerprint density at radius 1 is 1.45 bits per heavy atom. The van der Waals surface area contributed by atoms with Crippen molar-refractivity contribution >= 4 is 6.09 Å². The lowest BCUT2D eigenvalue weighted by Gasteiger charge is -2.38. The first-order chi connectivity index (χ1) is 9.49. The maximum atomic E-state index is 13.5. The first kappa shape index (κ1) is 14.6. The summed E-state index contributed by atoms with van der Waals surface area (Å²) in [6.07, 6.45) is -0.464. The van der Waals surface area contributed by atoms with Gasteiger partial charge < -0.3 is 20.1 Å². The van der Waals surface area contributed by atoms with Crippen LogP contribution in [0.4, 0.5) is 9.18 Å². The fourth-order valence-corrected chi connectivity index (χ4v) is 2.38. The maximum absolute atomic E-state index is 13.5. The van der Waals surface area contributed by atoms with E-state index >= 15 is 0 Å². The number of amides is 1. The van der Waals surface area contributed by atoms with Crippen molar-refractivity contribution in [2.24, 2.45) is 0 Å². The zero-order valence-corrected chi connectivity index (χ0v) is 11.6. The Bertz CT molecular complexity index is 485. The van der Waals surface area contributed by atoms with Gasteiger partial charge in [-0.1, -0.05) is 0 Å². The molecule has 0 spiro atoms. The molecule has 6 heteroatoms. The SMILES string of the molecule is C[C@@H]1CNC[C@H](C)N1C(=O)OCc1cc(O)ccc1F. The van der Waals surface area contributed by atoms with Crippen LogP contribution >= 0.6 is 0 Å². The minimum atomic E-state index is -0.503. The molecule has 1 saturated heterocycles. The highest BCUT2D eigenvalue weighted by atomic mass is 19.1. The van der Waals surface area contributed by atoms with Gasteiger partial charge in [0.1, 0.15) is 18.2 Å². The van der Waals surface area contributed by atoms with Gasteiger partial charge >= 0.3 is 6.09 Å². The predicted molar refractivity (Wildman–Crippen MR) is 71.9 cm³/mol. The second-order valence-electron chi connectivity index (χ2n) is 5.09. The molecule has 5 nitrogen and oxygen atoms in total. The first-order valence-electron chi connectivity index (χ1n) is 6.62. The van der Waals surface area contributed by atoms with E-state index in [4.69, 9.17) is 4.74 Å². The standard InChI is InChI=1S/C14H19FN2O3/c1-9-6-16-7-10(2)17(9)14(19)20-8-11-5-12(18)3-4-13(11)15/h3-5,9-10,16,18H,6-8H2,1-2H3/t9-,10+. The van der Waals surface area contributed by atoms with Gasteiger partial charge in [0.25, 0.3) is 0 Å². The summed E-state index contributed by atoms with van der Waals surface area (Å²) >= 11 is 0. The van der Waals surface area contributed by atoms with E-state index in [2.05, 4.69) is 5.32 Å². The molecular weight excluding hydrogens is 263 g/mol. The van der Waals surface area contributed by atoms with Gasteiger partial charge in [-0.05, 0) is 32.0 Å². The van der Waals surface area contributed by atoms with Crippen LogP contribution in [0.5, 0.6) is 5.75 Å². The summed E-state index contributed by atoms with van der Waals surface area (Å²) in [5, 5.41) is 12.5. The van der Waals surface area contributed by atoms with E-state index in [9.17, 15) is 14.3 Å². The average molecular weight is 282 g/mol. The smallest absolute Gasteiger partial charge is 0.410 e. The summed E-state index contributed by atoms with van der Waals surface area (Å²) in [4.78, 5) is 13.7. The molecule has 20 heavy (non-hydrogen) atoms. The van der Waals surface area contributed by atoms with Crippen LogP contribution in [-0.2, 0) is 11.3 Å². The molecule has 0 aromatic heterocycles. The Hall–Kier alpha value is -1.82. The van der Waals surface area contributed by atoms with Crippen LogP contribution in [0.15, 0.2) is 18.2 Å². The van der Waals surface area contributed by atoms with Crippen LogP contribution in [0.3, 0.4) is 0 Å². The van der Waals surface area contributed by atoms with Crippen molar-refractivity contribution < 1.29 is 19.0 Å². The van der Waals surface area contributed by atoms with E-state index in [0.717, 1.165) is 6.07 Å². The summed E-state index contributed by atoms with van der Waals surface area (Å²) in [6, 6.07) is 3.71. The van der Waals surface area contributed by atoms with Crippen LogP contribution in [0.25, 0.3) is 0 Å². The van der Waals surface area contributed by atoms with Gasteiger partial charge in [0.05, 0.1) is 0 Å². The third-order valence-corrected chi connectivity index (χ3v) is 3.42. The number of carbonyl (C=O) groups is 1. The average Bonchev–Trinajstić information content (AvgIpc) is 2.39. The number of phenolic OH excluding ortho intramolecular Hbond substituents is 1. The molecule has 0 radical (unpaired) electrons. The number of hydrogen-bond donors (Lipinski definition) is 2. The number of rotatable bonds is 2. The highest BCUT2D eigenvalue weighted by Gasteiger charge is 2.30. The van der Waals surface area contributed by atoms with Crippen molar-refractivity contribution in [1.29, 1.82) is 0 Å². The topological polar surface area (TPSA) is 61.8 Å². The predicted octanol–water partition coefficient (Wildman–Crippen LogP) is 1.85. The van der Waals surface area contributed by atoms with Crippen LogP contribution in [-0.4, -0.2) is 41.3 Å². The number of aromatic hydroxyl groups is 1. The van der Waals surface area contributed by atoms with Crippen molar-refractivity contribution in [2.75, 3.05) is 13.1 Å². The molecule has 0 bridgehead atoms. The number of nitrogens with one attached hydrogen (secondary N) is 1. The molecule has 1 fully saturated rings. The molecule has 0 unspecified atom stereocenters. The Kier molecular flexibility index (Phi) is 4.44. The van der Waals surface area contributed by atoms with Crippen molar-refractivity contribution in [3.05, 3.63) is 29.6 Å². The Labute approximate surface area is 117 Å². The van der Waals surface area contributed by atoms with Gasteiger partial charge in [0.15, 0.2) is 0 Å². The largest absolute Gasteiger partial charge is 0.508 e. The van der Waals surface area contributed by atoms with E-state index < -0.39 is 11.9 Å². The summed E-state index contributed by atoms with van der Waals surface area (Å²) in [5.41, 5.74) is 0.161. The summed E-state index contributed by atoms with van der Waals surface area (Å²) in [7, 11) is 0. The number of benzene rings is 1. The Morgan fingerprint density at radius 2 is 2.10 bits per heavy atom. The number of piperazine rings is 1. The van der Waals surface area contributed by atoms with E-state index in [1.165, 1.54) is 12.1 Å². The van der Waals surface area contributed by atoms with Crippen molar-refractivity contribution in [1.82, 2.24) is 10.2 Å². The Balaban J connectivity index is 1.99. The summed E-state index contributed by atoms with van der Waals surface area (Å²) < 4.78 is 18.6. The van der Waals surface area contributed by atoms with Gasteiger partial charge in [0.2, 0.25) is 0 Å². The molecule has 1 heterocycles. The normalized spacial score (nSPS) is 22.6. The quantitative estimate of drug-likeness (QED) is 0.869. The van der Waals surface area contributed by atoms with Crippen LogP contribution in [0.1, 0.15) is 19.4 Å². The molecule has 0 saturated carbocycles. The minimum absolute atomic E-state index is 0.0280. The fourth-order valence-electron chi connectivity index (χ4n) is 2.38. The molecular formula is C14H19FN2O3. The lowest BCUT2D eigenvalue weighted by Crippen LogP contribution is -2.57. The van der Waals surface area contributed by atoms with Gasteiger partial charge in [-0.3, -0.25) is 0 Å². The number of halogens is 1. The molecule has 0 aliphatic carbocycles. The van der Waals surface area contributed by atoms with Gasteiger partial charge in [-0.25, -0.2) is 9.18 Å². The second kappa shape index (κ2) is 6.09. The van der Waals surface area contributed by atoms with Crippen molar-refractivity contribution in [3.8, 4) is 5.75 Å². The number of hydrogen-bond acceptors (Lipinski definition) is 4. The molecule has 1 aliphatic heterocycles. The van der Waals surface area contributed by atoms with Crippen LogP contribution in [0, 0.1) is 5.82 Å². The van der Waals surface area contributed by atoms with E-state index in [1.54, 1.807) is 4.90 Å². The molecule has 1 amide bonds. The second-order valence-corrected chi connectivity index (χ2v) is 5.09. The van der Waals surface area contributed by atoms with Gasteiger partial charge in [-0.2, -0.15) is 0 Å². The lowest BCUT2D eigenvalue weighted by molar-refractivity contribution is 0.0557. The van der Waals surface area contributed by atoms with Crippen molar-refractivity contribution in [3.63, 3.8) is 0 Å². The third kappa shape index (κ3) is 3.19. The van der Waals surface area contributed by atoms with Crippen LogP contribution < -0.4 is 5.32 Å². The summed E-state index contributed by atoms with van der Waals surface area (Å²) in [6.45, 7) is 5.08. The van der Waals surface area contributed by atoms with Crippen LogP contribution in [0.2, 0.25) is 0 Å². The number of phenols is 1. The first-order valence-corrected chi connectivity index (χ1v) is 6.62. The Morgan fingerprint density at radius 3 is 2.75 bits per heavy atom. The highest BCUT2D eigenvalue weighted by molar-refractivity contribution is 5.68. The van der Waals surface area contributed by atoms with E-state index in [1.807, 2.05) is 13.8 Å². The zero-order chi connectivity index (χ0) is 14.7. The summed E-state index contributed by atoms with van der Waals surface area (Å²) in [5.74, 6) is -0.557. The minimum Gasteiger partial charge on any atom is -0.508 e.